The minimum Gasteiger partial charge on any atom is -0.384 e. The number of rotatable bonds is 4. The summed E-state index contributed by atoms with van der Waals surface area (Å²) in [7, 11) is 1.69. The van der Waals surface area contributed by atoms with Crippen LogP contribution >= 0.6 is 0 Å². The molecule has 0 saturated carbocycles. The number of urea groups is 1. The highest BCUT2D eigenvalue weighted by Crippen LogP contribution is 2.16. The van der Waals surface area contributed by atoms with Crippen molar-refractivity contribution in [1.29, 1.82) is 0 Å². The highest BCUT2D eigenvalue weighted by Gasteiger charge is 2.25. The van der Waals surface area contributed by atoms with Gasteiger partial charge in [-0.25, -0.2) is 9.78 Å². The Morgan fingerprint density at radius 1 is 1.35 bits per heavy atom. The fraction of sp³-hybridized carbons (Fsp3) is 0.412. The number of fused-ring (bicyclic) bond motifs is 1. The van der Waals surface area contributed by atoms with Crippen LogP contribution in [0.4, 0.5) is 4.79 Å². The van der Waals surface area contributed by atoms with Gasteiger partial charge in [0.2, 0.25) is 0 Å². The van der Waals surface area contributed by atoms with E-state index in [1.165, 1.54) is 0 Å². The number of hydrogen-bond donors (Lipinski definition) is 1. The summed E-state index contributed by atoms with van der Waals surface area (Å²) in [5.41, 5.74) is 1.09. The van der Waals surface area contributed by atoms with Gasteiger partial charge in [-0.1, -0.05) is 30.3 Å². The molecule has 0 fully saturated rings. The molecule has 1 atom stereocenters. The third-order valence-corrected chi connectivity index (χ3v) is 4.04. The van der Waals surface area contributed by atoms with Crippen molar-refractivity contribution in [3.63, 3.8) is 0 Å². The van der Waals surface area contributed by atoms with Gasteiger partial charge in [0, 0.05) is 45.1 Å². The molecule has 122 valence electrons. The summed E-state index contributed by atoms with van der Waals surface area (Å²) in [5.74, 6) is 1.18. The Morgan fingerprint density at radius 3 is 2.96 bits per heavy atom. The lowest BCUT2D eigenvalue weighted by atomic mass is 10.1. The van der Waals surface area contributed by atoms with Crippen molar-refractivity contribution in [3.05, 3.63) is 54.1 Å². The summed E-state index contributed by atoms with van der Waals surface area (Å²) in [6.07, 6.45) is 3.74. The van der Waals surface area contributed by atoms with Gasteiger partial charge in [-0.05, 0) is 5.56 Å². The SMILES string of the molecule is COCC1CN(C(=O)NCc2ccccc2)Cc2nccn2C1. The van der Waals surface area contributed by atoms with Crippen molar-refractivity contribution in [2.24, 2.45) is 5.92 Å². The maximum Gasteiger partial charge on any atom is 0.318 e. The highest BCUT2D eigenvalue weighted by atomic mass is 16.5. The molecule has 0 radical (unpaired) electrons. The number of aromatic nitrogens is 2. The van der Waals surface area contributed by atoms with E-state index in [9.17, 15) is 4.79 Å². The van der Waals surface area contributed by atoms with Crippen LogP contribution in [0.3, 0.4) is 0 Å². The van der Waals surface area contributed by atoms with Crippen LogP contribution < -0.4 is 5.32 Å². The third-order valence-electron chi connectivity index (χ3n) is 4.04. The number of carbonyl (C=O) groups is 1. The second-order valence-corrected chi connectivity index (χ2v) is 5.84. The molecule has 2 amide bonds. The van der Waals surface area contributed by atoms with Crippen LogP contribution in [0.15, 0.2) is 42.7 Å². The lowest BCUT2D eigenvalue weighted by molar-refractivity contribution is 0.122. The number of hydrogen-bond acceptors (Lipinski definition) is 3. The lowest BCUT2D eigenvalue weighted by Gasteiger charge is -2.24. The van der Waals surface area contributed by atoms with Crippen LogP contribution in [0.25, 0.3) is 0 Å². The second-order valence-electron chi connectivity index (χ2n) is 5.84. The minimum absolute atomic E-state index is 0.0635. The fourth-order valence-corrected chi connectivity index (χ4v) is 2.92. The largest absolute Gasteiger partial charge is 0.384 e. The summed E-state index contributed by atoms with van der Waals surface area (Å²) >= 11 is 0. The number of amides is 2. The average molecular weight is 314 g/mol. The number of nitrogens with one attached hydrogen (secondary N) is 1. The van der Waals surface area contributed by atoms with Crippen LogP contribution in [0.1, 0.15) is 11.4 Å². The van der Waals surface area contributed by atoms with Crippen molar-refractivity contribution in [2.45, 2.75) is 19.6 Å². The first-order chi connectivity index (χ1) is 11.3. The zero-order chi connectivity index (χ0) is 16.1. The van der Waals surface area contributed by atoms with Crippen molar-refractivity contribution >= 4 is 6.03 Å². The number of nitrogens with zero attached hydrogens (tertiary/aromatic N) is 3. The van der Waals surface area contributed by atoms with E-state index >= 15 is 0 Å². The average Bonchev–Trinajstić information content (AvgIpc) is 2.92. The second kappa shape index (κ2) is 7.28. The minimum atomic E-state index is -0.0635. The topological polar surface area (TPSA) is 59.4 Å². The quantitative estimate of drug-likeness (QED) is 0.937. The predicted octanol–water partition coefficient (Wildman–Crippen LogP) is 1.87. The Balaban J connectivity index is 1.66. The van der Waals surface area contributed by atoms with Gasteiger partial charge in [-0.3, -0.25) is 0 Å². The maximum absolute atomic E-state index is 12.5. The van der Waals surface area contributed by atoms with Crippen molar-refractivity contribution < 1.29 is 9.53 Å². The predicted molar refractivity (Wildman–Crippen MR) is 86.7 cm³/mol. The molecule has 1 aromatic heterocycles. The first kappa shape index (κ1) is 15.6. The van der Waals surface area contributed by atoms with E-state index in [0.717, 1.165) is 17.9 Å². The van der Waals surface area contributed by atoms with E-state index in [-0.39, 0.29) is 11.9 Å². The summed E-state index contributed by atoms with van der Waals surface area (Å²) in [5, 5.41) is 2.99. The van der Waals surface area contributed by atoms with E-state index in [4.69, 9.17) is 4.74 Å². The van der Waals surface area contributed by atoms with Crippen LogP contribution in [0, 0.1) is 5.92 Å². The van der Waals surface area contributed by atoms with Gasteiger partial charge in [-0.15, -0.1) is 0 Å². The Hall–Kier alpha value is -2.34. The molecule has 0 saturated heterocycles. The van der Waals surface area contributed by atoms with Gasteiger partial charge in [0.15, 0.2) is 0 Å². The third kappa shape index (κ3) is 3.90. The van der Waals surface area contributed by atoms with Crippen LogP contribution in [0.2, 0.25) is 0 Å². The zero-order valence-electron chi connectivity index (χ0n) is 13.3. The van der Waals surface area contributed by atoms with E-state index in [2.05, 4.69) is 14.9 Å². The van der Waals surface area contributed by atoms with E-state index < -0.39 is 0 Å². The summed E-state index contributed by atoms with van der Waals surface area (Å²) < 4.78 is 7.40. The molecule has 1 aliphatic rings. The van der Waals surface area contributed by atoms with Crippen molar-refractivity contribution in [2.75, 3.05) is 20.3 Å². The Bertz CT molecular complexity index is 641. The molecule has 0 aliphatic carbocycles. The van der Waals surface area contributed by atoms with E-state index in [1.54, 1.807) is 13.3 Å². The molecule has 1 N–H and O–H groups in total. The van der Waals surface area contributed by atoms with Crippen LogP contribution in [0.5, 0.6) is 0 Å². The number of carbonyl (C=O) groups excluding carboxylic acids is 1. The van der Waals surface area contributed by atoms with Crippen molar-refractivity contribution in [1.82, 2.24) is 19.8 Å². The number of imidazole rings is 1. The Labute approximate surface area is 136 Å². The standard InChI is InChI=1S/C17H22N4O2/c1-23-13-15-10-20-8-7-18-16(20)12-21(11-15)17(22)19-9-14-5-3-2-4-6-14/h2-8,15H,9-13H2,1H3,(H,19,22). The molecule has 3 rings (SSSR count). The van der Waals surface area contributed by atoms with Gasteiger partial charge < -0.3 is 19.5 Å². The van der Waals surface area contributed by atoms with Gasteiger partial charge in [0.1, 0.15) is 5.82 Å². The normalized spacial score (nSPS) is 17.4. The van der Waals surface area contributed by atoms with Crippen molar-refractivity contribution in [3.8, 4) is 0 Å². The molecule has 0 bridgehead atoms. The maximum atomic E-state index is 12.5. The van der Waals surface area contributed by atoms with Crippen LogP contribution in [-0.4, -0.2) is 40.7 Å². The molecule has 0 spiro atoms. The first-order valence-corrected chi connectivity index (χ1v) is 7.82. The zero-order valence-corrected chi connectivity index (χ0v) is 13.3. The van der Waals surface area contributed by atoms with Crippen LogP contribution in [-0.2, 0) is 24.4 Å². The fourth-order valence-electron chi connectivity index (χ4n) is 2.92. The first-order valence-electron chi connectivity index (χ1n) is 7.82. The molecular formula is C17H22N4O2. The Morgan fingerprint density at radius 2 is 2.17 bits per heavy atom. The molecular weight excluding hydrogens is 292 g/mol. The molecule has 2 heterocycles. The summed E-state index contributed by atoms with van der Waals surface area (Å²) in [4.78, 5) is 18.7. The lowest BCUT2D eigenvalue weighted by Crippen LogP contribution is -2.41. The Kier molecular flexibility index (Phi) is 4.92. The molecule has 23 heavy (non-hydrogen) atoms. The molecule has 6 nitrogen and oxygen atoms in total. The van der Waals surface area contributed by atoms with E-state index in [0.29, 0.717) is 26.2 Å². The van der Waals surface area contributed by atoms with Gasteiger partial charge in [0.05, 0.1) is 13.2 Å². The number of methoxy groups -OCH3 is 1. The van der Waals surface area contributed by atoms with E-state index in [1.807, 2.05) is 41.4 Å². The monoisotopic (exact) mass is 314 g/mol. The van der Waals surface area contributed by atoms with Gasteiger partial charge in [-0.2, -0.15) is 0 Å². The molecule has 6 heteroatoms. The number of benzene rings is 1. The summed E-state index contributed by atoms with van der Waals surface area (Å²) in [6, 6.07) is 9.85. The van der Waals surface area contributed by atoms with Gasteiger partial charge in [0.25, 0.3) is 0 Å². The molecule has 2 aromatic rings. The molecule has 1 aromatic carbocycles. The smallest absolute Gasteiger partial charge is 0.318 e. The molecule has 1 aliphatic heterocycles. The highest BCUT2D eigenvalue weighted by molar-refractivity contribution is 5.74. The van der Waals surface area contributed by atoms with Gasteiger partial charge >= 0.3 is 6.03 Å². The summed E-state index contributed by atoms with van der Waals surface area (Å²) in [6.45, 7) is 3.16. The molecule has 1 unspecified atom stereocenters. The number of ether oxygens (including phenoxy) is 1.